The number of amides is 1. The molecule has 0 radical (unpaired) electrons. The molecule has 2 aromatic heterocycles. The molecule has 0 aliphatic rings. The standard InChI is InChI=1S/C24H21N3O/c1-15-7-9-21-19(11-15)20(13-23(26-21)18-5-4-10-25-14-18)24(28)27-22-12-16(2)6-8-17(22)3/h4-14H,1-3H3,(H,27,28). The number of aromatic nitrogens is 2. The van der Waals surface area contributed by atoms with Crippen molar-refractivity contribution in [2.24, 2.45) is 0 Å². The van der Waals surface area contributed by atoms with Gasteiger partial charge in [-0.25, -0.2) is 4.98 Å². The van der Waals surface area contributed by atoms with Crippen molar-refractivity contribution >= 4 is 22.5 Å². The van der Waals surface area contributed by atoms with Crippen LogP contribution in [0.2, 0.25) is 0 Å². The molecule has 4 heteroatoms. The molecule has 0 bridgehead atoms. The number of nitrogens with zero attached hydrogens (tertiary/aromatic N) is 2. The molecule has 0 saturated heterocycles. The molecule has 0 atom stereocenters. The van der Waals surface area contributed by atoms with Gasteiger partial charge in [0.1, 0.15) is 0 Å². The lowest BCUT2D eigenvalue weighted by atomic mass is 10.0. The molecule has 28 heavy (non-hydrogen) atoms. The summed E-state index contributed by atoms with van der Waals surface area (Å²) < 4.78 is 0. The molecular weight excluding hydrogens is 346 g/mol. The van der Waals surface area contributed by atoms with Crippen molar-refractivity contribution in [3.8, 4) is 11.3 Å². The van der Waals surface area contributed by atoms with Gasteiger partial charge in [0.05, 0.1) is 16.8 Å². The quantitative estimate of drug-likeness (QED) is 0.522. The highest BCUT2D eigenvalue weighted by atomic mass is 16.1. The number of benzene rings is 2. The Labute approximate surface area is 164 Å². The molecule has 0 aliphatic carbocycles. The number of fused-ring (bicyclic) bond motifs is 1. The van der Waals surface area contributed by atoms with Gasteiger partial charge in [0.15, 0.2) is 0 Å². The number of carbonyl (C=O) groups is 1. The second-order valence-corrected chi connectivity index (χ2v) is 7.09. The van der Waals surface area contributed by atoms with Gasteiger partial charge in [0.25, 0.3) is 5.91 Å². The molecule has 4 aromatic rings. The van der Waals surface area contributed by atoms with Gasteiger partial charge in [0, 0.05) is 29.0 Å². The Morgan fingerprint density at radius 2 is 1.71 bits per heavy atom. The number of rotatable bonds is 3. The van der Waals surface area contributed by atoms with Gasteiger partial charge in [-0.1, -0.05) is 23.8 Å². The van der Waals surface area contributed by atoms with E-state index >= 15 is 0 Å². The molecular formula is C24H21N3O. The van der Waals surface area contributed by atoms with Gasteiger partial charge >= 0.3 is 0 Å². The van der Waals surface area contributed by atoms with Crippen LogP contribution in [0.4, 0.5) is 5.69 Å². The third-order valence-corrected chi connectivity index (χ3v) is 4.81. The van der Waals surface area contributed by atoms with Crippen LogP contribution in [0.15, 0.2) is 67.0 Å². The minimum Gasteiger partial charge on any atom is -0.322 e. The molecule has 138 valence electrons. The topological polar surface area (TPSA) is 54.9 Å². The molecule has 1 N–H and O–H groups in total. The second-order valence-electron chi connectivity index (χ2n) is 7.09. The lowest BCUT2D eigenvalue weighted by Gasteiger charge is -2.13. The Kier molecular flexibility index (Phi) is 4.62. The summed E-state index contributed by atoms with van der Waals surface area (Å²) in [5.41, 5.74) is 7.05. The molecule has 4 rings (SSSR count). The van der Waals surface area contributed by atoms with E-state index in [1.807, 2.05) is 75.4 Å². The Morgan fingerprint density at radius 1 is 0.929 bits per heavy atom. The molecule has 2 heterocycles. The van der Waals surface area contributed by atoms with Crippen LogP contribution >= 0.6 is 0 Å². The van der Waals surface area contributed by atoms with E-state index in [-0.39, 0.29) is 5.91 Å². The normalized spacial score (nSPS) is 10.8. The maximum atomic E-state index is 13.2. The monoisotopic (exact) mass is 367 g/mol. The fourth-order valence-electron chi connectivity index (χ4n) is 3.25. The highest BCUT2D eigenvalue weighted by Crippen LogP contribution is 2.27. The number of hydrogen-bond donors (Lipinski definition) is 1. The van der Waals surface area contributed by atoms with E-state index in [2.05, 4.69) is 10.3 Å². The first kappa shape index (κ1) is 17.9. The number of pyridine rings is 2. The Bertz CT molecular complexity index is 1180. The minimum absolute atomic E-state index is 0.142. The molecule has 2 aromatic carbocycles. The van der Waals surface area contributed by atoms with E-state index in [0.29, 0.717) is 5.56 Å². The van der Waals surface area contributed by atoms with Crippen molar-refractivity contribution < 1.29 is 4.79 Å². The van der Waals surface area contributed by atoms with Crippen molar-refractivity contribution in [2.75, 3.05) is 5.32 Å². The molecule has 0 saturated carbocycles. The van der Waals surface area contributed by atoms with E-state index < -0.39 is 0 Å². The zero-order valence-corrected chi connectivity index (χ0v) is 16.2. The zero-order chi connectivity index (χ0) is 19.7. The predicted molar refractivity (Wildman–Crippen MR) is 114 cm³/mol. The van der Waals surface area contributed by atoms with Crippen LogP contribution in [0, 0.1) is 20.8 Å². The van der Waals surface area contributed by atoms with E-state index in [1.165, 1.54) is 0 Å². The smallest absolute Gasteiger partial charge is 0.256 e. The minimum atomic E-state index is -0.142. The van der Waals surface area contributed by atoms with Crippen molar-refractivity contribution in [3.05, 3.63) is 89.2 Å². The molecule has 1 amide bonds. The molecule has 4 nitrogen and oxygen atoms in total. The van der Waals surface area contributed by atoms with Crippen LogP contribution in [0.25, 0.3) is 22.2 Å². The van der Waals surface area contributed by atoms with Crippen LogP contribution in [0.1, 0.15) is 27.0 Å². The van der Waals surface area contributed by atoms with Crippen LogP contribution in [0.5, 0.6) is 0 Å². The lowest BCUT2D eigenvalue weighted by molar-refractivity contribution is 0.102. The first-order valence-corrected chi connectivity index (χ1v) is 9.22. The van der Waals surface area contributed by atoms with Gasteiger partial charge in [0.2, 0.25) is 0 Å². The third kappa shape index (κ3) is 3.49. The van der Waals surface area contributed by atoms with E-state index in [9.17, 15) is 4.79 Å². The van der Waals surface area contributed by atoms with Crippen LogP contribution in [-0.4, -0.2) is 15.9 Å². The highest BCUT2D eigenvalue weighted by Gasteiger charge is 2.15. The summed E-state index contributed by atoms with van der Waals surface area (Å²) in [7, 11) is 0. The van der Waals surface area contributed by atoms with Crippen molar-refractivity contribution in [2.45, 2.75) is 20.8 Å². The maximum absolute atomic E-state index is 13.2. The fraction of sp³-hybridized carbons (Fsp3) is 0.125. The largest absolute Gasteiger partial charge is 0.322 e. The Balaban J connectivity index is 1.85. The highest BCUT2D eigenvalue weighted by molar-refractivity contribution is 6.13. The molecule has 0 aliphatic heterocycles. The second kappa shape index (κ2) is 7.24. The summed E-state index contributed by atoms with van der Waals surface area (Å²) in [6.45, 7) is 6.02. The summed E-state index contributed by atoms with van der Waals surface area (Å²) in [6, 6.07) is 17.7. The average Bonchev–Trinajstić information content (AvgIpc) is 2.70. The number of hydrogen-bond acceptors (Lipinski definition) is 3. The van der Waals surface area contributed by atoms with Gasteiger partial charge in [-0.15, -0.1) is 0 Å². The van der Waals surface area contributed by atoms with Crippen LogP contribution < -0.4 is 5.32 Å². The maximum Gasteiger partial charge on any atom is 0.256 e. The summed E-state index contributed by atoms with van der Waals surface area (Å²) in [5.74, 6) is -0.142. The molecule has 0 spiro atoms. The number of carbonyl (C=O) groups excluding carboxylic acids is 1. The van der Waals surface area contributed by atoms with Gasteiger partial charge < -0.3 is 5.32 Å². The van der Waals surface area contributed by atoms with E-state index in [1.54, 1.807) is 12.4 Å². The fourth-order valence-corrected chi connectivity index (χ4v) is 3.25. The first-order valence-electron chi connectivity index (χ1n) is 9.22. The van der Waals surface area contributed by atoms with Crippen LogP contribution in [-0.2, 0) is 0 Å². The van der Waals surface area contributed by atoms with Gasteiger partial charge in [-0.05, 0) is 68.3 Å². The van der Waals surface area contributed by atoms with E-state index in [0.717, 1.165) is 44.5 Å². The predicted octanol–water partition coefficient (Wildman–Crippen LogP) is 5.47. The first-order chi connectivity index (χ1) is 13.5. The zero-order valence-electron chi connectivity index (χ0n) is 16.2. The van der Waals surface area contributed by atoms with E-state index in [4.69, 9.17) is 4.98 Å². The Hall–Kier alpha value is -3.53. The summed E-state index contributed by atoms with van der Waals surface area (Å²) in [6.07, 6.45) is 3.48. The number of anilines is 1. The lowest BCUT2D eigenvalue weighted by Crippen LogP contribution is -2.14. The average molecular weight is 367 g/mol. The Morgan fingerprint density at radius 3 is 2.50 bits per heavy atom. The molecule has 0 fully saturated rings. The summed E-state index contributed by atoms with van der Waals surface area (Å²) >= 11 is 0. The summed E-state index contributed by atoms with van der Waals surface area (Å²) in [4.78, 5) is 22.2. The number of aryl methyl sites for hydroxylation is 3. The van der Waals surface area contributed by atoms with Crippen molar-refractivity contribution in [3.63, 3.8) is 0 Å². The van der Waals surface area contributed by atoms with Gasteiger partial charge in [-0.2, -0.15) is 0 Å². The van der Waals surface area contributed by atoms with Crippen molar-refractivity contribution in [1.82, 2.24) is 9.97 Å². The van der Waals surface area contributed by atoms with Gasteiger partial charge in [-0.3, -0.25) is 9.78 Å². The van der Waals surface area contributed by atoms with Crippen LogP contribution in [0.3, 0.4) is 0 Å². The third-order valence-electron chi connectivity index (χ3n) is 4.81. The summed E-state index contributed by atoms with van der Waals surface area (Å²) in [5, 5.41) is 3.92. The van der Waals surface area contributed by atoms with Crippen molar-refractivity contribution in [1.29, 1.82) is 0 Å². The molecule has 0 unspecified atom stereocenters. The number of nitrogens with one attached hydrogen (secondary N) is 1. The SMILES string of the molecule is Cc1ccc(C)c(NC(=O)c2cc(-c3cccnc3)nc3ccc(C)cc23)c1.